The molecule has 0 atom stereocenters. The summed E-state index contributed by atoms with van der Waals surface area (Å²) in [6.45, 7) is 0.530. The zero-order chi connectivity index (χ0) is 13.4. The Morgan fingerprint density at radius 2 is 1.78 bits per heavy atom. The molecule has 18 heavy (non-hydrogen) atoms. The van der Waals surface area contributed by atoms with Gasteiger partial charge in [-0.15, -0.1) is 0 Å². The number of alkyl halides is 2. The summed E-state index contributed by atoms with van der Waals surface area (Å²) in [5.41, 5.74) is 0.0622. The van der Waals surface area contributed by atoms with E-state index in [0.29, 0.717) is 6.54 Å². The van der Waals surface area contributed by atoms with Crippen molar-refractivity contribution in [3.8, 4) is 0 Å². The van der Waals surface area contributed by atoms with E-state index < -0.39 is 5.92 Å². The van der Waals surface area contributed by atoms with Crippen molar-refractivity contribution in [2.75, 3.05) is 26.7 Å². The third kappa shape index (κ3) is 5.10. The molecule has 4 heteroatoms. The fraction of sp³-hybridized carbons (Fsp3) is 0.571. The van der Waals surface area contributed by atoms with Gasteiger partial charge >= 0.3 is 0 Å². The van der Waals surface area contributed by atoms with Gasteiger partial charge in [-0.25, -0.2) is 0 Å². The first-order chi connectivity index (χ1) is 8.56. The summed E-state index contributed by atoms with van der Waals surface area (Å²) in [6.07, 6.45) is 2.45. The normalized spacial score (nSPS) is 12.1. The second kappa shape index (κ2) is 7.44. The molecule has 0 aromatic heterocycles. The van der Waals surface area contributed by atoms with Crippen LogP contribution in [-0.2, 0) is 5.92 Å². The molecule has 0 aliphatic rings. The Morgan fingerprint density at radius 3 is 2.39 bits per heavy atom. The van der Waals surface area contributed by atoms with Crippen molar-refractivity contribution in [2.24, 2.45) is 0 Å². The minimum Gasteiger partial charge on any atom is -0.396 e. The van der Waals surface area contributed by atoms with Crippen molar-refractivity contribution in [1.29, 1.82) is 0 Å². The van der Waals surface area contributed by atoms with E-state index in [1.807, 2.05) is 0 Å². The molecule has 1 aromatic rings. The van der Waals surface area contributed by atoms with Crippen LogP contribution >= 0.6 is 0 Å². The fourth-order valence-electron chi connectivity index (χ4n) is 1.86. The highest BCUT2D eigenvalue weighted by molar-refractivity contribution is 5.20. The van der Waals surface area contributed by atoms with Crippen LogP contribution < -0.4 is 0 Å². The third-order valence-corrected chi connectivity index (χ3v) is 2.86. The van der Waals surface area contributed by atoms with Crippen LogP contribution in [0.2, 0.25) is 0 Å². The number of rotatable bonds is 8. The first-order valence-corrected chi connectivity index (χ1v) is 6.29. The second-order valence-electron chi connectivity index (χ2n) is 4.59. The molecule has 1 N–H and O–H groups in total. The molecule has 0 radical (unpaired) electrons. The summed E-state index contributed by atoms with van der Waals surface area (Å²) in [4.78, 5) is 1.64. The lowest BCUT2D eigenvalue weighted by Crippen LogP contribution is -2.33. The molecule has 0 heterocycles. The first kappa shape index (κ1) is 15.1. The second-order valence-corrected chi connectivity index (χ2v) is 4.59. The average Bonchev–Trinajstić information content (AvgIpc) is 2.35. The Labute approximate surface area is 107 Å². The van der Waals surface area contributed by atoms with Crippen LogP contribution in [-0.4, -0.2) is 36.8 Å². The lowest BCUT2D eigenvalue weighted by atomic mass is 10.1. The monoisotopic (exact) mass is 257 g/mol. The quantitative estimate of drug-likeness (QED) is 0.724. The number of benzene rings is 1. The summed E-state index contributed by atoms with van der Waals surface area (Å²) in [5, 5.41) is 8.63. The average molecular weight is 257 g/mol. The lowest BCUT2D eigenvalue weighted by Gasteiger charge is -2.24. The molecule has 0 spiro atoms. The predicted octanol–water partition coefficient (Wildman–Crippen LogP) is 2.87. The number of aliphatic hydroxyl groups is 1. The number of likely N-dealkylation sites (N-methyl/N-ethyl adjacent to an activating group) is 1. The Balaban J connectivity index is 2.40. The van der Waals surface area contributed by atoms with Crippen LogP contribution in [0.15, 0.2) is 30.3 Å². The molecule has 0 aliphatic heterocycles. The lowest BCUT2D eigenvalue weighted by molar-refractivity contribution is -0.0324. The van der Waals surface area contributed by atoms with Gasteiger partial charge in [-0.1, -0.05) is 30.3 Å². The number of nitrogens with zero attached hydrogens (tertiary/aromatic N) is 1. The molecule has 0 amide bonds. The summed E-state index contributed by atoms with van der Waals surface area (Å²) in [7, 11) is 1.70. The molecule has 0 saturated heterocycles. The number of hydrogen-bond acceptors (Lipinski definition) is 2. The molecule has 0 bridgehead atoms. The van der Waals surface area contributed by atoms with Crippen LogP contribution in [0.3, 0.4) is 0 Å². The van der Waals surface area contributed by atoms with E-state index in [1.54, 1.807) is 30.1 Å². The highest BCUT2D eigenvalue weighted by Gasteiger charge is 2.32. The highest BCUT2D eigenvalue weighted by atomic mass is 19.3. The largest absolute Gasteiger partial charge is 0.396 e. The molecule has 0 fully saturated rings. The SMILES string of the molecule is CN(CCCCCO)CC(F)(F)c1ccccc1. The molecule has 102 valence electrons. The topological polar surface area (TPSA) is 23.5 Å². The number of hydrogen-bond donors (Lipinski definition) is 1. The molecule has 2 nitrogen and oxygen atoms in total. The van der Waals surface area contributed by atoms with Crippen molar-refractivity contribution < 1.29 is 13.9 Å². The Kier molecular flexibility index (Phi) is 6.22. The maximum Gasteiger partial charge on any atom is 0.285 e. The zero-order valence-corrected chi connectivity index (χ0v) is 10.8. The molecular weight excluding hydrogens is 236 g/mol. The number of aliphatic hydroxyl groups excluding tert-OH is 1. The predicted molar refractivity (Wildman–Crippen MR) is 68.8 cm³/mol. The third-order valence-electron chi connectivity index (χ3n) is 2.86. The summed E-state index contributed by atoms with van der Waals surface area (Å²) in [5.74, 6) is -2.81. The Bertz CT molecular complexity index is 330. The summed E-state index contributed by atoms with van der Waals surface area (Å²) < 4.78 is 27.8. The van der Waals surface area contributed by atoms with E-state index in [4.69, 9.17) is 5.11 Å². The molecule has 1 aromatic carbocycles. The van der Waals surface area contributed by atoms with Gasteiger partial charge in [-0.05, 0) is 32.9 Å². The molecule has 0 aliphatic carbocycles. The fourth-order valence-corrected chi connectivity index (χ4v) is 1.86. The van der Waals surface area contributed by atoms with E-state index in [-0.39, 0.29) is 18.7 Å². The van der Waals surface area contributed by atoms with Crippen molar-refractivity contribution in [3.05, 3.63) is 35.9 Å². The molecule has 0 saturated carbocycles. The molecule has 1 rings (SSSR count). The van der Waals surface area contributed by atoms with Crippen LogP contribution in [0.5, 0.6) is 0 Å². The number of halogens is 2. The molecule has 0 unspecified atom stereocenters. The van der Waals surface area contributed by atoms with E-state index in [2.05, 4.69) is 0 Å². The maximum atomic E-state index is 13.9. The van der Waals surface area contributed by atoms with Gasteiger partial charge in [0.1, 0.15) is 0 Å². The molecular formula is C14H21F2NO. The Hall–Kier alpha value is -1.00. The van der Waals surface area contributed by atoms with Gasteiger partial charge in [-0.2, -0.15) is 8.78 Å². The zero-order valence-electron chi connectivity index (χ0n) is 10.8. The Morgan fingerprint density at radius 1 is 1.11 bits per heavy atom. The summed E-state index contributed by atoms with van der Waals surface area (Å²) in [6, 6.07) is 7.91. The van der Waals surface area contributed by atoms with Crippen LogP contribution in [0.25, 0.3) is 0 Å². The van der Waals surface area contributed by atoms with Gasteiger partial charge in [0.25, 0.3) is 5.92 Å². The van der Waals surface area contributed by atoms with Crippen LogP contribution in [0, 0.1) is 0 Å². The maximum absolute atomic E-state index is 13.9. The van der Waals surface area contributed by atoms with Gasteiger partial charge in [0, 0.05) is 12.2 Å². The standard InChI is InChI=1S/C14H21F2NO/c1-17(10-6-3-7-11-18)12-14(15,16)13-8-4-2-5-9-13/h2,4-5,8-9,18H,3,6-7,10-12H2,1H3. The van der Waals surface area contributed by atoms with Crippen molar-refractivity contribution in [1.82, 2.24) is 4.90 Å². The van der Waals surface area contributed by atoms with E-state index in [1.165, 1.54) is 12.1 Å². The van der Waals surface area contributed by atoms with E-state index in [0.717, 1.165) is 19.3 Å². The van der Waals surface area contributed by atoms with Crippen LogP contribution in [0.4, 0.5) is 8.78 Å². The van der Waals surface area contributed by atoms with Gasteiger partial charge in [0.2, 0.25) is 0 Å². The number of unbranched alkanes of at least 4 members (excludes halogenated alkanes) is 2. The highest BCUT2D eigenvalue weighted by Crippen LogP contribution is 2.28. The minimum absolute atomic E-state index is 0.0622. The van der Waals surface area contributed by atoms with E-state index in [9.17, 15) is 8.78 Å². The van der Waals surface area contributed by atoms with Crippen molar-refractivity contribution in [3.63, 3.8) is 0 Å². The van der Waals surface area contributed by atoms with Crippen molar-refractivity contribution in [2.45, 2.75) is 25.2 Å². The minimum atomic E-state index is -2.81. The van der Waals surface area contributed by atoms with Crippen LogP contribution in [0.1, 0.15) is 24.8 Å². The van der Waals surface area contributed by atoms with Gasteiger partial charge in [0.15, 0.2) is 0 Å². The van der Waals surface area contributed by atoms with E-state index >= 15 is 0 Å². The van der Waals surface area contributed by atoms with Gasteiger partial charge in [0.05, 0.1) is 6.54 Å². The van der Waals surface area contributed by atoms with Crippen molar-refractivity contribution >= 4 is 0 Å². The van der Waals surface area contributed by atoms with Gasteiger partial charge in [-0.3, -0.25) is 0 Å². The van der Waals surface area contributed by atoms with Gasteiger partial charge < -0.3 is 10.0 Å². The smallest absolute Gasteiger partial charge is 0.285 e. The first-order valence-electron chi connectivity index (χ1n) is 6.29. The summed E-state index contributed by atoms with van der Waals surface area (Å²) >= 11 is 0.